The van der Waals surface area contributed by atoms with Gasteiger partial charge in [0, 0.05) is 0 Å². The van der Waals surface area contributed by atoms with Crippen LogP contribution in [0.1, 0.15) is 13.3 Å². The van der Waals surface area contributed by atoms with Crippen LogP contribution in [0.25, 0.3) is 21.5 Å². The molecule has 0 saturated heterocycles. The van der Waals surface area contributed by atoms with Crippen LogP contribution in [0, 0.1) is 0 Å². The van der Waals surface area contributed by atoms with Gasteiger partial charge in [-0.05, 0) is 40.1 Å². The van der Waals surface area contributed by atoms with Gasteiger partial charge in [-0.1, -0.05) is 49.4 Å². The van der Waals surface area contributed by atoms with Crippen LogP contribution in [-0.2, 0) is 0 Å². The van der Waals surface area contributed by atoms with Crippen LogP contribution in [-0.4, -0.2) is 6.61 Å². The van der Waals surface area contributed by atoms with Gasteiger partial charge in [0.25, 0.3) is 0 Å². The molecule has 0 aromatic heterocycles. The molecule has 0 bridgehead atoms. The smallest absolute Gasteiger partial charge is 0.119 e. The van der Waals surface area contributed by atoms with Crippen molar-refractivity contribution in [3.05, 3.63) is 54.6 Å². The zero-order valence-electron chi connectivity index (χ0n) is 10.5. The van der Waals surface area contributed by atoms with Crippen molar-refractivity contribution in [2.75, 3.05) is 6.61 Å². The second-order valence-electron chi connectivity index (χ2n) is 4.52. The molecule has 0 amide bonds. The fourth-order valence-corrected chi connectivity index (χ4v) is 2.29. The Labute approximate surface area is 107 Å². The molecule has 0 spiro atoms. The van der Waals surface area contributed by atoms with Gasteiger partial charge in [-0.25, -0.2) is 0 Å². The van der Waals surface area contributed by atoms with Crippen LogP contribution in [0.15, 0.2) is 54.6 Å². The van der Waals surface area contributed by atoms with Crippen LogP contribution in [0.5, 0.6) is 5.75 Å². The fraction of sp³-hybridized carbons (Fsp3) is 0.176. The monoisotopic (exact) mass is 236 g/mol. The van der Waals surface area contributed by atoms with E-state index in [1.807, 2.05) is 6.07 Å². The molecule has 0 radical (unpaired) electrons. The molecule has 0 unspecified atom stereocenters. The van der Waals surface area contributed by atoms with Crippen LogP contribution in [0.4, 0.5) is 0 Å². The van der Waals surface area contributed by atoms with E-state index in [1.165, 1.54) is 21.5 Å². The minimum absolute atomic E-state index is 0.774. The van der Waals surface area contributed by atoms with Crippen LogP contribution in [0.3, 0.4) is 0 Å². The third-order valence-electron chi connectivity index (χ3n) is 3.19. The molecule has 0 aliphatic rings. The summed E-state index contributed by atoms with van der Waals surface area (Å²) in [6, 6.07) is 19.1. The molecule has 0 saturated carbocycles. The summed E-state index contributed by atoms with van der Waals surface area (Å²) in [6.45, 7) is 2.90. The number of hydrogen-bond donors (Lipinski definition) is 0. The van der Waals surface area contributed by atoms with E-state index >= 15 is 0 Å². The largest absolute Gasteiger partial charge is 0.494 e. The molecule has 3 aromatic rings. The Morgan fingerprint density at radius 3 is 2.39 bits per heavy atom. The molecule has 3 rings (SSSR count). The zero-order valence-corrected chi connectivity index (χ0v) is 10.5. The lowest BCUT2D eigenvalue weighted by atomic mass is 10.0. The Balaban J connectivity index is 2.20. The molecule has 0 atom stereocenters. The van der Waals surface area contributed by atoms with E-state index in [9.17, 15) is 0 Å². The summed E-state index contributed by atoms with van der Waals surface area (Å²) in [5, 5.41) is 5.09. The maximum atomic E-state index is 5.71. The quantitative estimate of drug-likeness (QED) is 0.594. The number of hydrogen-bond acceptors (Lipinski definition) is 1. The molecule has 0 N–H and O–H groups in total. The molecule has 0 aliphatic heterocycles. The highest BCUT2D eigenvalue weighted by atomic mass is 16.5. The summed E-state index contributed by atoms with van der Waals surface area (Å²) < 4.78 is 5.71. The fourth-order valence-electron chi connectivity index (χ4n) is 2.29. The van der Waals surface area contributed by atoms with Gasteiger partial charge in [0.05, 0.1) is 6.61 Å². The van der Waals surface area contributed by atoms with E-state index in [1.54, 1.807) is 0 Å². The molecule has 90 valence electrons. The third-order valence-corrected chi connectivity index (χ3v) is 3.19. The van der Waals surface area contributed by atoms with Gasteiger partial charge in [-0.3, -0.25) is 0 Å². The maximum Gasteiger partial charge on any atom is 0.119 e. The highest BCUT2D eigenvalue weighted by molar-refractivity contribution is 6.07. The average molecular weight is 236 g/mol. The number of ether oxygens (including phenoxy) is 1. The Hall–Kier alpha value is -2.02. The first-order chi connectivity index (χ1) is 8.88. The summed E-state index contributed by atoms with van der Waals surface area (Å²) in [4.78, 5) is 0. The van der Waals surface area contributed by atoms with Gasteiger partial charge >= 0.3 is 0 Å². The average Bonchev–Trinajstić information content (AvgIpc) is 2.45. The number of rotatable bonds is 3. The van der Waals surface area contributed by atoms with Crippen molar-refractivity contribution < 1.29 is 4.74 Å². The molecule has 0 heterocycles. The highest BCUT2D eigenvalue weighted by Crippen LogP contribution is 2.28. The topological polar surface area (TPSA) is 9.23 Å². The Morgan fingerprint density at radius 2 is 1.56 bits per heavy atom. The van der Waals surface area contributed by atoms with Crippen LogP contribution in [0.2, 0.25) is 0 Å². The summed E-state index contributed by atoms with van der Waals surface area (Å²) in [7, 11) is 0. The first kappa shape index (κ1) is 11.1. The van der Waals surface area contributed by atoms with Gasteiger partial charge in [0.2, 0.25) is 0 Å². The van der Waals surface area contributed by atoms with E-state index < -0.39 is 0 Å². The van der Waals surface area contributed by atoms with Gasteiger partial charge < -0.3 is 4.74 Å². The summed E-state index contributed by atoms with van der Waals surface area (Å²) >= 11 is 0. The molecule has 1 nitrogen and oxygen atoms in total. The van der Waals surface area contributed by atoms with Crippen LogP contribution < -0.4 is 4.74 Å². The van der Waals surface area contributed by atoms with Gasteiger partial charge in [0.15, 0.2) is 0 Å². The predicted molar refractivity (Wildman–Crippen MR) is 77.2 cm³/mol. The lowest BCUT2D eigenvalue weighted by Crippen LogP contribution is -1.94. The molecule has 0 fully saturated rings. The first-order valence-electron chi connectivity index (χ1n) is 6.43. The van der Waals surface area contributed by atoms with E-state index in [0.717, 1.165) is 18.8 Å². The van der Waals surface area contributed by atoms with Crippen molar-refractivity contribution in [2.45, 2.75) is 13.3 Å². The molecule has 1 heteroatoms. The second-order valence-corrected chi connectivity index (χ2v) is 4.52. The zero-order chi connectivity index (χ0) is 12.4. The minimum atomic E-state index is 0.774. The maximum absolute atomic E-state index is 5.71. The van der Waals surface area contributed by atoms with E-state index in [0.29, 0.717) is 0 Å². The van der Waals surface area contributed by atoms with Gasteiger partial charge in [-0.2, -0.15) is 0 Å². The van der Waals surface area contributed by atoms with Crippen molar-refractivity contribution in [3.8, 4) is 5.75 Å². The third kappa shape index (κ3) is 1.92. The Morgan fingerprint density at radius 1 is 0.833 bits per heavy atom. The summed E-state index contributed by atoms with van der Waals surface area (Å²) in [6.07, 6.45) is 1.04. The molecule has 18 heavy (non-hydrogen) atoms. The molecular weight excluding hydrogens is 220 g/mol. The Kier molecular flexibility index (Phi) is 2.89. The van der Waals surface area contributed by atoms with Crippen molar-refractivity contribution >= 4 is 21.5 Å². The number of fused-ring (bicyclic) bond motifs is 3. The van der Waals surface area contributed by atoms with Gasteiger partial charge in [-0.15, -0.1) is 0 Å². The van der Waals surface area contributed by atoms with E-state index in [4.69, 9.17) is 4.74 Å². The second kappa shape index (κ2) is 4.69. The lowest BCUT2D eigenvalue weighted by Gasteiger charge is -2.08. The predicted octanol–water partition coefficient (Wildman–Crippen LogP) is 4.78. The minimum Gasteiger partial charge on any atom is -0.494 e. The SMILES string of the molecule is CCCOc1ccc2ccc3ccccc3c2c1. The normalized spacial score (nSPS) is 10.9. The standard InChI is InChI=1S/C17H16O/c1-2-11-18-15-10-9-14-8-7-13-5-3-4-6-16(13)17(14)12-15/h3-10,12H,2,11H2,1H3. The van der Waals surface area contributed by atoms with Crippen LogP contribution >= 0.6 is 0 Å². The van der Waals surface area contributed by atoms with Crippen molar-refractivity contribution in [1.29, 1.82) is 0 Å². The van der Waals surface area contributed by atoms with Crippen molar-refractivity contribution in [3.63, 3.8) is 0 Å². The summed E-state index contributed by atoms with van der Waals surface area (Å²) in [5.41, 5.74) is 0. The first-order valence-corrected chi connectivity index (χ1v) is 6.43. The summed E-state index contributed by atoms with van der Waals surface area (Å²) in [5.74, 6) is 0.959. The lowest BCUT2D eigenvalue weighted by molar-refractivity contribution is 0.318. The van der Waals surface area contributed by atoms with E-state index in [-0.39, 0.29) is 0 Å². The molecule has 3 aromatic carbocycles. The molecule has 0 aliphatic carbocycles. The number of benzene rings is 3. The van der Waals surface area contributed by atoms with Crippen molar-refractivity contribution in [2.24, 2.45) is 0 Å². The van der Waals surface area contributed by atoms with Gasteiger partial charge in [0.1, 0.15) is 5.75 Å². The van der Waals surface area contributed by atoms with E-state index in [2.05, 4.69) is 55.5 Å². The van der Waals surface area contributed by atoms with Crippen molar-refractivity contribution in [1.82, 2.24) is 0 Å². The Bertz CT molecular complexity index is 685. The molecular formula is C17H16O. The highest BCUT2D eigenvalue weighted by Gasteiger charge is 2.01.